The van der Waals surface area contributed by atoms with Crippen molar-refractivity contribution < 1.29 is 13.2 Å². The molecule has 0 fully saturated rings. The number of halogens is 4. The highest BCUT2D eigenvalue weighted by atomic mass is 79.9. The molecular weight excluding hydrogens is 247 g/mol. The third-order valence-corrected chi connectivity index (χ3v) is 2.16. The lowest BCUT2D eigenvalue weighted by Crippen LogP contribution is -2.10. The topological polar surface area (TPSA) is 12.9 Å². The molecule has 0 spiro atoms. The molecule has 13 heavy (non-hydrogen) atoms. The van der Waals surface area contributed by atoms with Crippen molar-refractivity contribution in [2.75, 3.05) is 0 Å². The van der Waals surface area contributed by atoms with E-state index in [2.05, 4.69) is 20.9 Å². The smallest absolute Gasteiger partial charge is 0.246 e. The van der Waals surface area contributed by atoms with Crippen molar-refractivity contribution in [3.05, 3.63) is 27.5 Å². The average molecular weight is 254 g/mol. The number of hydrogen-bond acceptors (Lipinski definition) is 1. The Morgan fingerprint density at radius 3 is 2.23 bits per heavy atom. The molecule has 1 aromatic heterocycles. The van der Waals surface area contributed by atoms with Crippen LogP contribution >= 0.6 is 15.9 Å². The summed E-state index contributed by atoms with van der Waals surface area (Å²) in [6, 6.07) is 1.41. The molecule has 0 saturated carbocycles. The summed E-state index contributed by atoms with van der Waals surface area (Å²) in [5, 5.41) is 0. The van der Waals surface area contributed by atoms with Gasteiger partial charge in [-0.25, -0.2) is 4.98 Å². The van der Waals surface area contributed by atoms with Gasteiger partial charge in [-0.15, -0.1) is 0 Å². The number of aromatic nitrogens is 1. The van der Waals surface area contributed by atoms with Gasteiger partial charge in [0.25, 0.3) is 0 Å². The summed E-state index contributed by atoms with van der Waals surface area (Å²) in [6.45, 7) is 3.07. The van der Waals surface area contributed by atoms with Crippen molar-refractivity contribution in [1.29, 1.82) is 0 Å². The molecule has 0 unspecified atom stereocenters. The average Bonchev–Trinajstić information content (AvgIpc) is 1.78. The predicted octanol–water partition coefficient (Wildman–Crippen LogP) is 3.48. The van der Waals surface area contributed by atoms with Crippen LogP contribution in [0.2, 0.25) is 0 Å². The molecular formula is C8H7BrF3N. The summed E-state index contributed by atoms with van der Waals surface area (Å²) < 4.78 is 37.0. The van der Waals surface area contributed by atoms with Crippen LogP contribution in [0.15, 0.2) is 10.7 Å². The standard InChI is InChI=1S/C8H7BrF3N/c1-4-3-5(2)13-7(9)6(4)8(10,11)12/h3H,1-2H3. The summed E-state index contributed by atoms with van der Waals surface area (Å²) in [5.74, 6) is 0. The van der Waals surface area contributed by atoms with Crippen molar-refractivity contribution >= 4 is 15.9 Å². The van der Waals surface area contributed by atoms with Gasteiger partial charge in [0, 0.05) is 5.69 Å². The van der Waals surface area contributed by atoms with Crippen LogP contribution in [-0.2, 0) is 6.18 Å². The van der Waals surface area contributed by atoms with Gasteiger partial charge in [-0.2, -0.15) is 13.2 Å². The van der Waals surface area contributed by atoms with E-state index in [-0.39, 0.29) is 10.2 Å². The largest absolute Gasteiger partial charge is 0.419 e. The highest BCUT2D eigenvalue weighted by molar-refractivity contribution is 9.10. The molecule has 1 heterocycles. The second-order valence-corrected chi connectivity index (χ2v) is 3.50. The lowest BCUT2D eigenvalue weighted by Gasteiger charge is -2.11. The molecule has 72 valence electrons. The number of nitrogens with zero attached hydrogens (tertiary/aromatic N) is 1. The summed E-state index contributed by atoms with van der Waals surface area (Å²) >= 11 is 2.80. The molecule has 1 nitrogen and oxygen atoms in total. The summed E-state index contributed by atoms with van der Waals surface area (Å²) in [4.78, 5) is 3.70. The Labute approximate surface area is 82.1 Å². The van der Waals surface area contributed by atoms with E-state index in [0.29, 0.717) is 5.69 Å². The van der Waals surface area contributed by atoms with Gasteiger partial charge in [0.15, 0.2) is 0 Å². The molecule has 0 bridgehead atoms. The maximum absolute atomic E-state index is 12.4. The van der Waals surface area contributed by atoms with E-state index in [0.717, 1.165) is 0 Å². The first kappa shape index (κ1) is 10.5. The minimum Gasteiger partial charge on any atom is -0.246 e. The van der Waals surface area contributed by atoms with Gasteiger partial charge in [-0.1, -0.05) is 0 Å². The maximum atomic E-state index is 12.4. The van der Waals surface area contributed by atoms with E-state index < -0.39 is 11.7 Å². The molecule has 0 aliphatic carbocycles. The second-order valence-electron chi connectivity index (χ2n) is 2.74. The molecule has 0 radical (unpaired) electrons. The fraction of sp³-hybridized carbons (Fsp3) is 0.375. The zero-order valence-electron chi connectivity index (χ0n) is 7.04. The maximum Gasteiger partial charge on any atom is 0.419 e. The molecule has 0 aliphatic rings. The number of pyridine rings is 1. The SMILES string of the molecule is Cc1cc(C)c(C(F)(F)F)c(Br)n1. The van der Waals surface area contributed by atoms with Crippen LogP contribution in [0.3, 0.4) is 0 Å². The Bertz CT molecular complexity index is 310. The third-order valence-electron chi connectivity index (χ3n) is 1.58. The van der Waals surface area contributed by atoms with E-state index in [4.69, 9.17) is 0 Å². The quantitative estimate of drug-likeness (QED) is 0.646. The highest BCUT2D eigenvalue weighted by Gasteiger charge is 2.35. The first-order valence-electron chi connectivity index (χ1n) is 3.53. The molecule has 0 N–H and O–H groups in total. The molecule has 1 rings (SSSR count). The van der Waals surface area contributed by atoms with Gasteiger partial charge in [0.1, 0.15) is 4.60 Å². The Morgan fingerprint density at radius 2 is 1.85 bits per heavy atom. The third kappa shape index (κ3) is 2.21. The van der Waals surface area contributed by atoms with Crippen LogP contribution in [0, 0.1) is 13.8 Å². The van der Waals surface area contributed by atoms with Gasteiger partial charge in [-0.05, 0) is 41.4 Å². The van der Waals surface area contributed by atoms with Gasteiger partial charge < -0.3 is 0 Å². The van der Waals surface area contributed by atoms with Gasteiger partial charge in [0.2, 0.25) is 0 Å². The van der Waals surface area contributed by atoms with Crippen molar-refractivity contribution in [2.45, 2.75) is 20.0 Å². The van der Waals surface area contributed by atoms with Crippen LogP contribution in [0.1, 0.15) is 16.8 Å². The fourth-order valence-electron chi connectivity index (χ4n) is 1.13. The summed E-state index contributed by atoms with van der Waals surface area (Å²) in [6.07, 6.45) is -4.34. The number of rotatable bonds is 0. The zero-order valence-corrected chi connectivity index (χ0v) is 8.62. The monoisotopic (exact) mass is 253 g/mol. The molecule has 0 aromatic carbocycles. The predicted molar refractivity (Wildman–Crippen MR) is 46.4 cm³/mol. The van der Waals surface area contributed by atoms with Crippen LogP contribution in [0.4, 0.5) is 13.2 Å². The molecule has 1 aromatic rings. The second kappa shape index (κ2) is 3.29. The Kier molecular flexibility index (Phi) is 2.66. The van der Waals surface area contributed by atoms with Crippen molar-refractivity contribution in [3.8, 4) is 0 Å². The zero-order chi connectivity index (χ0) is 10.2. The van der Waals surface area contributed by atoms with Crippen molar-refractivity contribution in [1.82, 2.24) is 4.98 Å². The van der Waals surface area contributed by atoms with E-state index in [9.17, 15) is 13.2 Å². The number of aryl methyl sites for hydroxylation is 2. The van der Waals surface area contributed by atoms with Crippen molar-refractivity contribution in [3.63, 3.8) is 0 Å². The minimum absolute atomic E-state index is 0.141. The van der Waals surface area contributed by atoms with Crippen LogP contribution in [0.5, 0.6) is 0 Å². The van der Waals surface area contributed by atoms with Crippen LogP contribution in [-0.4, -0.2) is 4.98 Å². The first-order chi connectivity index (χ1) is 5.82. The minimum atomic E-state index is -4.34. The Morgan fingerprint density at radius 1 is 1.31 bits per heavy atom. The first-order valence-corrected chi connectivity index (χ1v) is 4.32. The van der Waals surface area contributed by atoms with E-state index in [1.165, 1.54) is 13.0 Å². The van der Waals surface area contributed by atoms with Gasteiger partial charge in [-0.3, -0.25) is 0 Å². The molecule has 5 heteroatoms. The normalized spacial score (nSPS) is 11.8. The molecule has 0 aliphatic heterocycles. The summed E-state index contributed by atoms with van der Waals surface area (Å²) in [7, 11) is 0. The van der Waals surface area contributed by atoms with E-state index in [1.807, 2.05) is 0 Å². The van der Waals surface area contributed by atoms with Crippen LogP contribution < -0.4 is 0 Å². The highest BCUT2D eigenvalue weighted by Crippen LogP contribution is 2.36. The fourth-order valence-corrected chi connectivity index (χ4v) is 1.95. The van der Waals surface area contributed by atoms with Gasteiger partial charge in [0.05, 0.1) is 5.56 Å². The van der Waals surface area contributed by atoms with Crippen LogP contribution in [0.25, 0.3) is 0 Å². The Hall–Kier alpha value is -0.580. The van der Waals surface area contributed by atoms with E-state index >= 15 is 0 Å². The Balaban J connectivity index is 3.38. The van der Waals surface area contributed by atoms with E-state index in [1.54, 1.807) is 6.92 Å². The molecule has 0 saturated heterocycles. The lowest BCUT2D eigenvalue weighted by atomic mass is 10.1. The number of alkyl halides is 3. The summed E-state index contributed by atoms with van der Waals surface area (Å²) in [5.41, 5.74) is 0.0577. The number of hydrogen-bond donors (Lipinski definition) is 0. The lowest BCUT2D eigenvalue weighted by molar-refractivity contribution is -0.138. The molecule has 0 atom stereocenters. The molecule has 0 amide bonds. The van der Waals surface area contributed by atoms with Crippen molar-refractivity contribution in [2.24, 2.45) is 0 Å². The van der Waals surface area contributed by atoms with Gasteiger partial charge >= 0.3 is 6.18 Å².